The quantitative estimate of drug-likeness (QED) is 0.604. The van der Waals surface area contributed by atoms with E-state index in [4.69, 9.17) is 4.74 Å². The maximum atomic E-state index is 11.7. The first-order valence-electron chi connectivity index (χ1n) is 5.48. The Bertz CT molecular complexity index is 302. The Morgan fingerprint density at radius 1 is 1.56 bits per heavy atom. The molecule has 2 fully saturated rings. The molecule has 2 aliphatic heterocycles. The average Bonchev–Trinajstić information content (AvgIpc) is 2.23. The normalized spacial score (nSPS) is 23.6. The Balaban J connectivity index is 1.76. The van der Waals surface area contributed by atoms with Crippen LogP contribution in [-0.2, 0) is 14.3 Å². The molecule has 0 unspecified atom stereocenters. The lowest BCUT2D eigenvalue weighted by molar-refractivity contribution is -0.149. The van der Waals surface area contributed by atoms with Crippen LogP contribution in [0.5, 0.6) is 0 Å². The summed E-state index contributed by atoms with van der Waals surface area (Å²) in [4.78, 5) is 24.4. The molecule has 0 atom stereocenters. The van der Waals surface area contributed by atoms with E-state index in [1.54, 1.807) is 0 Å². The molecule has 0 aromatic heterocycles. The van der Waals surface area contributed by atoms with Gasteiger partial charge in [-0.05, 0) is 6.92 Å². The van der Waals surface area contributed by atoms with Gasteiger partial charge in [-0.2, -0.15) is 0 Å². The monoisotopic (exact) mass is 227 g/mol. The van der Waals surface area contributed by atoms with E-state index in [0.29, 0.717) is 13.1 Å². The Labute approximate surface area is 94.3 Å². The highest BCUT2D eigenvalue weighted by molar-refractivity contribution is 5.86. The van der Waals surface area contributed by atoms with Crippen LogP contribution in [0.2, 0.25) is 0 Å². The van der Waals surface area contributed by atoms with Gasteiger partial charge in [-0.3, -0.25) is 9.59 Å². The van der Waals surface area contributed by atoms with Gasteiger partial charge in [-0.1, -0.05) is 0 Å². The van der Waals surface area contributed by atoms with Gasteiger partial charge in [0.05, 0.1) is 12.1 Å². The number of hydrogen-bond donors (Lipinski definition) is 2. The third-order valence-corrected chi connectivity index (χ3v) is 2.93. The lowest BCUT2D eigenvalue weighted by atomic mass is 10.0. The maximum Gasteiger partial charge on any atom is 0.249 e. The van der Waals surface area contributed by atoms with E-state index >= 15 is 0 Å². The van der Waals surface area contributed by atoms with Crippen LogP contribution >= 0.6 is 0 Å². The van der Waals surface area contributed by atoms with Gasteiger partial charge in [0.25, 0.3) is 0 Å². The van der Waals surface area contributed by atoms with Gasteiger partial charge in [-0.25, -0.2) is 0 Å². The fourth-order valence-corrected chi connectivity index (χ4v) is 1.76. The number of piperazine rings is 1. The van der Waals surface area contributed by atoms with Crippen LogP contribution < -0.4 is 10.6 Å². The molecule has 90 valence electrons. The summed E-state index contributed by atoms with van der Waals surface area (Å²) in [7, 11) is 0. The van der Waals surface area contributed by atoms with E-state index in [2.05, 4.69) is 10.6 Å². The van der Waals surface area contributed by atoms with E-state index in [1.807, 2.05) is 6.92 Å². The molecule has 0 aromatic carbocycles. The first-order valence-corrected chi connectivity index (χ1v) is 5.48. The topological polar surface area (TPSA) is 70.7 Å². The zero-order valence-corrected chi connectivity index (χ0v) is 9.41. The van der Waals surface area contributed by atoms with Crippen molar-refractivity contribution in [2.75, 3.05) is 39.3 Å². The number of nitrogens with zero attached hydrogens (tertiary/aromatic N) is 1. The lowest BCUT2D eigenvalue weighted by Crippen LogP contribution is -2.60. The number of rotatable bonds is 3. The summed E-state index contributed by atoms with van der Waals surface area (Å²) in [6, 6.07) is 0. The minimum Gasteiger partial charge on any atom is -0.363 e. The predicted octanol–water partition coefficient (Wildman–Crippen LogP) is -1.68. The second-order valence-corrected chi connectivity index (χ2v) is 4.51. The number of amides is 2. The zero-order chi connectivity index (χ0) is 11.6. The van der Waals surface area contributed by atoms with Gasteiger partial charge in [-0.15, -0.1) is 0 Å². The van der Waals surface area contributed by atoms with Crippen molar-refractivity contribution in [3.63, 3.8) is 0 Å². The number of hydrogen-bond acceptors (Lipinski definition) is 4. The predicted molar refractivity (Wildman–Crippen MR) is 56.8 cm³/mol. The van der Waals surface area contributed by atoms with Crippen LogP contribution in [0.3, 0.4) is 0 Å². The Morgan fingerprint density at radius 3 is 2.88 bits per heavy atom. The van der Waals surface area contributed by atoms with Gasteiger partial charge in [0.15, 0.2) is 0 Å². The van der Waals surface area contributed by atoms with Crippen molar-refractivity contribution in [3.8, 4) is 0 Å². The van der Waals surface area contributed by atoms with Crippen molar-refractivity contribution in [1.82, 2.24) is 15.5 Å². The van der Waals surface area contributed by atoms with E-state index in [-0.39, 0.29) is 30.6 Å². The van der Waals surface area contributed by atoms with E-state index in [9.17, 15) is 9.59 Å². The number of carbonyl (C=O) groups is 2. The highest BCUT2D eigenvalue weighted by Gasteiger charge is 2.33. The molecule has 16 heavy (non-hydrogen) atoms. The molecule has 2 saturated heterocycles. The Hall–Kier alpha value is -1.14. The maximum absolute atomic E-state index is 11.7. The molecule has 2 rings (SSSR count). The van der Waals surface area contributed by atoms with Gasteiger partial charge in [0.2, 0.25) is 11.8 Å². The fourth-order valence-electron chi connectivity index (χ4n) is 1.76. The first-order chi connectivity index (χ1) is 7.59. The summed E-state index contributed by atoms with van der Waals surface area (Å²) in [6.45, 7) is 4.84. The molecule has 0 radical (unpaired) electrons. The van der Waals surface area contributed by atoms with Crippen molar-refractivity contribution < 1.29 is 14.3 Å². The summed E-state index contributed by atoms with van der Waals surface area (Å²) < 4.78 is 5.53. The van der Waals surface area contributed by atoms with Crippen molar-refractivity contribution in [1.29, 1.82) is 0 Å². The van der Waals surface area contributed by atoms with Crippen LogP contribution in [-0.4, -0.2) is 61.6 Å². The van der Waals surface area contributed by atoms with Crippen molar-refractivity contribution in [2.24, 2.45) is 0 Å². The van der Waals surface area contributed by atoms with Crippen LogP contribution in [0.25, 0.3) is 0 Å². The van der Waals surface area contributed by atoms with Crippen LogP contribution in [0.1, 0.15) is 6.92 Å². The van der Waals surface area contributed by atoms with Crippen LogP contribution in [0.4, 0.5) is 0 Å². The molecule has 2 amide bonds. The molecule has 6 nitrogen and oxygen atoms in total. The molecule has 6 heteroatoms. The largest absolute Gasteiger partial charge is 0.363 e. The highest BCUT2D eigenvalue weighted by Crippen LogP contribution is 2.15. The fraction of sp³-hybridized carbons (Fsp3) is 0.800. The van der Waals surface area contributed by atoms with Crippen LogP contribution in [0.15, 0.2) is 0 Å². The summed E-state index contributed by atoms with van der Waals surface area (Å²) in [5.74, 6) is -0.209. The first kappa shape index (κ1) is 11.3. The van der Waals surface area contributed by atoms with Crippen molar-refractivity contribution >= 4 is 11.8 Å². The molecule has 0 saturated carbocycles. The van der Waals surface area contributed by atoms with E-state index in [1.165, 1.54) is 4.90 Å². The minimum absolute atomic E-state index is 0.0610. The second kappa shape index (κ2) is 4.39. The second-order valence-electron chi connectivity index (χ2n) is 4.51. The van der Waals surface area contributed by atoms with Gasteiger partial charge in [0.1, 0.15) is 6.61 Å². The molecule has 2 heterocycles. The average molecular weight is 227 g/mol. The molecule has 0 aromatic rings. The summed E-state index contributed by atoms with van der Waals surface area (Å²) >= 11 is 0. The Morgan fingerprint density at radius 2 is 2.31 bits per heavy atom. The summed E-state index contributed by atoms with van der Waals surface area (Å²) in [6.07, 6.45) is 0. The third-order valence-electron chi connectivity index (χ3n) is 2.93. The number of carbonyl (C=O) groups excluding carboxylic acids is 2. The van der Waals surface area contributed by atoms with E-state index in [0.717, 1.165) is 13.1 Å². The molecule has 2 N–H and O–H groups in total. The van der Waals surface area contributed by atoms with Crippen molar-refractivity contribution in [3.05, 3.63) is 0 Å². The molecule has 0 aliphatic carbocycles. The molecule has 2 aliphatic rings. The summed E-state index contributed by atoms with van der Waals surface area (Å²) in [5.41, 5.74) is -0.215. The molecular weight excluding hydrogens is 210 g/mol. The third kappa shape index (κ3) is 2.51. The zero-order valence-electron chi connectivity index (χ0n) is 9.41. The summed E-state index contributed by atoms with van der Waals surface area (Å²) in [5, 5.41) is 5.78. The Kier molecular flexibility index (Phi) is 3.11. The van der Waals surface area contributed by atoms with Gasteiger partial charge in [0, 0.05) is 26.2 Å². The SMILES string of the molecule is CC1(OCC(=O)N2CCNC(=O)C2)CNC1. The highest BCUT2D eigenvalue weighted by atomic mass is 16.5. The smallest absolute Gasteiger partial charge is 0.249 e. The van der Waals surface area contributed by atoms with Crippen molar-refractivity contribution in [2.45, 2.75) is 12.5 Å². The minimum atomic E-state index is -0.215. The molecular formula is C10H17N3O3. The number of nitrogens with one attached hydrogen (secondary N) is 2. The molecule has 0 bridgehead atoms. The van der Waals surface area contributed by atoms with Gasteiger partial charge >= 0.3 is 0 Å². The standard InChI is InChI=1S/C10H17N3O3/c1-10(6-11-7-10)16-5-9(15)13-3-2-12-8(14)4-13/h11H,2-7H2,1H3,(H,12,14). The molecule has 0 spiro atoms. The number of ether oxygens (including phenoxy) is 1. The van der Waals surface area contributed by atoms with Gasteiger partial charge < -0.3 is 20.3 Å². The van der Waals surface area contributed by atoms with E-state index < -0.39 is 0 Å². The lowest BCUT2D eigenvalue weighted by Gasteiger charge is -2.39. The van der Waals surface area contributed by atoms with Crippen LogP contribution in [0, 0.1) is 0 Å².